The quantitative estimate of drug-likeness (QED) is 0.716. The Labute approximate surface area is 85.3 Å². The van der Waals surface area contributed by atoms with Crippen molar-refractivity contribution in [1.29, 1.82) is 0 Å². The summed E-state index contributed by atoms with van der Waals surface area (Å²) in [4.78, 5) is 0. The van der Waals surface area contributed by atoms with Gasteiger partial charge in [0.05, 0.1) is 11.7 Å². The predicted molar refractivity (Wildman–Crippen MR) is 56.5 cm³/mol. The Morgan fingerprint density at radius 3 is 2.64 bits per heavy atom. The molecular formula is C12H18N2. The van der Waals surface area contributed by atoms with E-state index < -0.39 is 0 Å². The molecule has 2 heteroatoms. The van der Waals surface area contributed by atoms with Crippen LogP contribution in [0, 0.1) is 0 Å². The van der Waals surface area contributed by atoms with Crippen molar-refractivity contribution in [3.8, 4) is 0 Å². The number of hydrogen-bond donors (Lipinski definition) is 0. The minimum absolute atomic E-state index is 0.729. The van der Waals surface area contributed by atoms with Gasteiger partial charge in [-0.05, 0) is 44.1 Å². The predicted octanol–water partition coefficient (Wildman–Crippen LogP) is 3.05. The first-order valence-electron chi connectivity index (χ1n) is 5.96. The highest BCUT2D eigenvalue weighted by atomic mass is 15.3. The maximum Gasteiger partial charge on any atom is 0.0687 e. The van der Waals surface area contributed by atoms with Crippen molar-refractivity contribution < 1.29 is 0 Å². The molecule has 0 spiro atoms. The second kappa shape index (κ2) is 3.11. The van der Waals surface area contributed by atoms with Gasteiger partial charge < -0.3 is 0 Å². The van der Waals surface area contributed by atoms with Gasteiger partial charge in [0.25, 0.3) is 0 Å². The van der Waals surface area contributed by atoms with Crippen LogP contribution in [-0.4, -0.2) is 9.78 Å². The number of aromatic nitrogens is 2. The summed E-state index contributed by atoms with van der Waals surface area (Å²) >= 11 is 0. The highest BCUT2D eigenvalue weighted by molar-refractivity contribution is 5.25. The molecule has 0 unspecified atom stereocenters. The molecule has 1 aromatic heterocycles. The van der Waals surface area contributed by atoms with Crippen molar-refractivity contribution >= 4 is 0 Å². The van der Waals surface area contributed by atoms with E-state index in [-0.39, 0.29) is 0 Å². The van der Waals surface area contributed by atoms with Gasteiger partial charge in [0, 0.05) is 12.1 Å². The van der Waals surface area contributed by atoms with Gasteiger partial charge in [-0.15, -0.1) is 0 Å². The van der Waals surface area contributed by atoms with E-state index in [1.165, 1.54) is 43.4 Å². The second-order valence-electron chi connectivity index (χ2n) is 4.73. The highest BCUT2D eigenvalue weighted by Crippen LogP contribution is 2.42. The van der Waals surface area contributed by atoms with Gasteiger partial charge in [-0.1, -0.05) is 6.92 Å². The maximum absolute atomic E-state index is 4.78. The molecule has 0 aliphatic heterocycles. The molecule has 2 nitrogen and oxygen atoms in total. The number of aryl methyl sites for hydroxylation is 1. The zero-order valence-corrected chi connectivity index (χ0v) is 8.87. The van der Waals surface area contributed by atoms with E-state index >= 15 is 0 Å². The minimum Gasteiger partial charge on any atom is -0.269 e. The molecule has 2 fully saturated rings. The molecule has 0 saturated heterocycles. The van der Waals surface area contributed by atoms with E-state index in [1.807, 2.05) is 0 Å². The highest BCUT2D eigenvalue weighted by Gasteiger charge is 2.30. The van der Waals surface area contributed by atoms with Crippen molar-refractivity contribution in [3.63, 3.8) is 0 Å². The van der Waals surface area contributed by atoms with Crippen molar-refractivity contribution in [2.45, 2.75) is 57.4 Å². The molecule has 76 valence electrons. The summed E-state index contributed by atoms with van der Waals surface area (Å²) in [7, 11) is 0. The van der Waals surface area contributed by atoms with Crippen LogP contribution in [0.2, 0.25) is 0 Å². The Kier molecular flexibility index (Phi) is 1.89. The Morgan fingerprint density at radius 2 is 2.14 bits per heavy atom. The van der Waals surface area contributed by atoms with Gasteiger partial charge in [0.1, 0.15) is 0 Å². The van der Waals surface area contributed by atoms with Crippen molar-refractivity contribution in [3.05, 3.63) is 17.5 Å². The molecule has 0 amide bonds. The Balaban J connectivity index is 1.89. The number of hydrogen-bond acceptors (Lipinski definition) is 1. The number of nitrogens with zero attached hydrogens (tertiary/aromatic N) is 2. The molecule has 14 heavy (non-hydrogen) atoms. The lowest BCUT2D eigenvalue weighted by atomic mass is 9.93. The zero-order chi connectivity index (χ0) is 9.54. The first kappa shape index (κ1) is 8.51. The Hall–Kier alpha value is -0.790. The van der Waals surface area contributed by atoms with Crippen LogP contribution in [0.25, 0.3) is 0 Å². The van der Waals surface area contributed by atoms with E-state index in [0.717, 1.165) is 18.4 Å². The summed E-state index contributed by atoms with van der Waals surface area (Å²) in [5, 5.41) is 4.78. The summed E-state index contributed by atoms with van der Waals surface area (Å²) < 4.78 is 2.25. The fourth-order valence-electron chi connectivity index (χ4n) is 2.25. The van der Waals surface area contributed by atoms with Crippen LogP contribution in [0.4, 0.5) is 0 Å². The fraction of sp³-hybridized carbons (Fsp3) is 0.750. The summed E-state index contributed by atoms with van der Waals surface area (Å²) in [6.07, 6.45) is 10.3. The summed E-state index contributed by atoms with van der Waals surface area (Å²) in [5.74, 6) is 0.811. The first-order valence-corrected chi connectivity index (χ1v) is 5.96. The lowest BCUT2D eigenvalue weighted by Gasteiger charge is -2.25. The van der Waals surface area contributed by atoms with Gasteiger partial charge in [0.15, 0.2) is 0 Å². The number of rotatable bonds is 3. The topological polar surface area (TPSA) is 17.8 Å². The van der Waals surface area contributed by atoms with Crippen LogP contribution in [0.1, 0.15) is 62.2 Å². The molecule has 3 rings (SSSR count). The third-order valence-electron chi connectivity index (χ3n) is 3.63. The lowest BCUT2D eigenvalue weighted by molar-refractivity contribution is 0.288. The third kappa shape index (κ3) is 1.28. The summed E-state index contributed by atoms with van der Waals surface area (Å²) in [5.41, 5.74) is 2.92. The minimum atomic E-state index is 0.729. The van der Waals surface area contributed by atoms with Crippen molar-refractivity contribution in [2.75, 3.05) is 0 Å². The summed E-state index contributed by atoms with van der Waals surface area (Å²) in [6, 6.07) is 0.729. The summed E-state index contributed by atoms with van der Waals surface area (Å²) in [6.45, 7) is 2.24. The normalized spacial score (nSPS) is 22.4. The van der Waals surface area contributed by atoms with E-state index in [0.29, 0.717) is 0 Å². The smallest absolute Gasteiger partial charge is 0.0687 e. The average molecular weight is 190 g/mol. The van der Waals surface area contributed by atoms with E-state index in [4.69, 9.17) is 5.10 Å². The van der Waals surface area contributed by atoms with E-state index in [2.05, 4.69) is 17.8 Å². The molecule has 0 bridgehead atoms. The molecule has 2 saturated carbocycles. The van der Waals surface area contributed by atoms with E-state index in [9.17, 15) is 0 Å². The maximum atomic E-state index is 4.78. The molecule has 0 atom stereocenters. The van der Waals surface area contributed by atoms with Crippen molar-refractivity contribution in [1.82, 2.24) is 9.78 Å². The molecule has 2 aliphatic rings. The van der Waals surface area contributed by atoms with Gasteiger partial charge in [-0.3, -0.25) is 4.68 Å². The van der Waals surface area contributed by atoms with E-state index in [1.54, 1.807) is 0 Å². The standard InChI is InChI=1S/C12H18N2/c1-2-9-8-14(11-4-3-5-11)13-12(9)10-6-7-10/h8,10-11H,2-7H2,1H3. The monoisotopic (exact) mass is 190 g/mol. The van der Waals surface area contributed by atoms with Gasteiger partial charge in [-0.25, -0.2) is 0 Å². The zero-order valence-electron chi connectivity index (χ0n) is 8.87. The molecule has 0 aromatic carbocycles. The van der Waals surface area contributed by atoms with Gasteiger partial charge in [0.2, 0.25) is 0 Å². The molecule has 1 aromatic rings. The van der Waals surface area contributed by atoms with Crippen LogP contribution in [0.15, 0.2) is 6.20 Å². The fourth-order valence-corrected chi connectivity index (χ4v) is 2.25. The van der Waals surface area contributed by atoms with Crippen LogP contribution in [-0.2, 0) is 6.42 Å². The van der Waals surface area contributed by atoms with Crippen molar-refractivity contribution in [2.24, 2.45) is 0 Å². The molecule has 0 radical (unpaired) electrons. The van der Waals surface area contributed by atoms with Crippen LogP contribution in [0.5, 0.6) is 0 Å². The largest absolute Gasteiger partial charge is 0.269 e. The van der Waals surface area contributed by atoms with Crippen LogP contribution in [0.3, 0.4) is 0 Å². The Bertz CT molecular complexity index is 332. The molecule has 0 N–H and O–H groups in total. The lowest BCUT2D eigenvalue weighted by Crippen LogP contribution is -2.17. The average Bonchev–Trinajstić information content (AvgIpc) is 2.85. The Morgan fingerprint density at radius 1 is 1.36 bits per heavy atom. The third-order valence-corrected chi connectivity index (χ3v) is 3.63. The van der Waals surface area contributed by atoms with Crippen LogP contribution < -0.4 is 0 Å². The van der Waals surface area contributed by atoms with Crippen LogP contribution >= 0.6 is 0 Å². The SMILES string of the molecule is CCc1cn(C2CCC2)nc1C1CC1. The van der Waals surface area contributed by atoms with Gasteiger partial charge >= 0.3 is 0 Å². The molecule has 2 aliphatic carbocycles. The molecular weight excluding hydrogens is 172 g/mol. The second-order valence-corrected chi connectivity index (χ2v) is 4.73. The van der Waals surface area contributed by atoms with Gasteiger partial charge in [-0.2, -0.15) is 5.10 Å². The first-order chi connectivity index (χ1) is 6.88. The molecule has 1 heterocycles.